The Labute approximate surface area is 165 Å². The molecule has 0 aromatic heterocycles. The molecule has 152 valence electrons. The first-order valence-electron chi connectivity index (χ1n) is 9.24. The molecule has 2 fully saturated rings. The molecule has 0 radical (unpaired) electrons. The maximum absolute atomic E-state index is 13.0. The van der Waals surface area contributed by atoms with Crippen LogP contribution in [0.1, 0.15) is 34.3 Å². The Morgan fingerprint density at radius 3 is 2.41 bits per heavy atom. The van der Waals surface area contributed by atoms with Gasteiger partial charge in [-0.25, -0.2) is 0 Å². The lowest BCUT2D eigenvalue weighted by molar-refractivity contribution is -0.139. The second-order valence-electron chi connectivity index (χ2n) is 7.47. The fourth-order valence-corrected chi connectivity index (χ4v) is 3.75. The molecule has 2 saturated heterocycles. The molecule has 8 heteroatoms. The lowest BCUT2D eigenvalue weighted by Gasteiger charge is -2.47. The van der Waals surface area contributed by atoms with Crippen LogP contribution < -0.4 is 10.1 Å². The van der Waals surface area contributed by atoms with Crippen molar-refractivity contribution in [3.05, 3.63) is 65.2 Å². The summed E-state index contributed by atoms with van der Waals surface area (Å²) >= 11 is 0. The number of hydrogen-bond acceptors (Lipinski definition) is 3. The topological polar surface area (TPSA) is 58.6 Å². The summed E-state index contributed by atoms with van der Waals surface area (Å²) in [7, 11) is 0. The van der Waals surface area contributed by atoms with Gasteiger partial charge >= 0.3 is 6.18 Å². The van der Waals surface area contributed by atoms with E-state index >= 15 is 0 Å². The molecule has 0 bridgehead atoms. The molecule has 0 saturated carbocycles. The van der Waals surface area contributed by atoms with Crippen LogP contribution in [0.5, 0.6) is 5.75 Å². The second-order valence-corrected chi connectivity index (χ2v) is 7.47. The standard InChI is InChI=1S/C21H19F3N2O3/c22-21(23,24)16-3-1-2-4-17(16)29-11-14-5-7-15(8-6-14)19(28)26-12-20(13-26)10-9-18(27)25-20/h1-8H,9-13H2,(H,25,27). The third-order valence-corrected chi connectivity index (χ3v) is 5.30. The zero-order valence-corrected chi connectivity index (χ0v) is 15.5. The van der Waals surface area contributed by atoms with Crippen LogP contribution in [0.2, 0.25) is 0 Å². The van der Waals surface area contributed by atoms with Crippen LogP contribution in [0.15, 0.2) is 48.5 Å². The molecule has 1 N–H and O–H groups in total. The normalized spacial score (nSPS) is 17.8. The van der Waals surface area contributed by atoms with Crippen LogP contribution in [0.25, 0.3) is 0 Å². The summed E-state index contributed by atoms with van der Waals surface area (Å²) in [6.45, 7) is 0.952. The molecule has 2 amide bonds. The number of hydrogen-bond donors (Lipinski definition) is 1. The van der Waals surface area contributed by atoms with Crippen molar-refractivity contribution >= 4 is 11.8 Å². The Bertz CT molecular complexity index is 935. The van der Waals surface area contributed by atoms with Crippen LogP contribution >= 0.6 is 0 Å². The molecule has 2 aliphatic rings. The fraction of sp³-hybridized carbons (Fsp3) is 0.333. The lowest BCUT2D eigenvalue weighted by Crippen LogP contribution is -2.68. The number of nitrogens with one attached hydrogen (secondary N) is 1. The lowest BCUT2D eigenvalue weighted by atomic mass is 9.87. The quantitative estimate of drug-likeness (QED) is 0.850. The SMILES string of the molecule is O=C1CCC2(CN(C(=O)c3ccc(COc4ccccc4C(F)(F)F)cc3)C2)N1. The van der Waals surface area contributed by atoms with Gasteiger partial charge in [0.2, 0.25) is 5.91 Å². The first-order valence-corrected chi connectivity index (χ1v) is 9.24. The minimum absolute atomic E-state index is 0.0218. The van der Waals surface area contributed by atoms with E-state index in [1.807, 2.05) is 0 Å². The Kier molecular flexibility index (Phi) is 4.72. The summed E-state index contributed by atoms with van der Waals surface area (Å²) in [5.41, 5.74) is 0.0506. The first-order chi connectivity index (χ1) is 13.8. The van der Waals surface area contributed by atoms with E-state index in [-0.39, 0.29) is 29.7 Å². The largest absolute Gasteiger partial charge is 0.488 e. The fourth-order valence-electron chi connectivity index (χ4n) is 3.75. The molecule has 0 unspecified atom stereocenters. The molecule has 29 heavy (non-hydrogen) atoms. The number of likely N-dealkylation sites (tertiary alicyclic amines) is 1. The van der Waals surface area contributed by atoms with Gasteiger partial charge in [0, 0.05) is 25.1 Å². The molecular formula is C21H19F3N2O3. The number of nitrogens with zero attached hydrogens (tertiary/aromatic N) is 1. The Balaban J connectivity index is 1.36. The van der Waals surface area contributed by atoms with Crippen molar-refractivity contribution in [2.75, 3.05) is 13.1 Å². The molecule has 2 aromatic rings. The van der Waals surface area contributed by atoms with Gasteiger partial charge in [-0.3, -0.25) is 9.59 Å². The van der Waals surface area contributed by atoms with E-state index in [0.717, 1.165) is 12.5 Å². The van der Waals surface area contributed by atoms with Crippen molar-refractivity contribution in [3.8, 4) is 5.75 Å². The van der Waals surface area contributed by atoms with Crippen molar-refractivity contribution in [3.63, 3.8) is 0 Å². The van der Waals surface area contributed by atoms with E-state index in [0.29, 0.717) is 30.6 Å². The van der Waals surface area contributed by atoms with Crippen LogP contribution in [0, 0.1) is 0 Å². The highest BCUT2D eigenvalue weighted by atomic mass is 19.4. The van der Waals surface area contributed by atoms with Crippen molar-refractivity contribution in [2.24, 2.45) is 0 Å². The number of para-hydroxylation sites is 1. The van der Waals surface area contributed by atoms with E-state index < -0.39 is 11.7 Å². The average molecular weight is 404 g/mol. The summed E-state index contributed by atoms with van der Waals surface area (Å²) in [5.74, 6) is -0.343. The number of carbonyl (C=O) groups excluding carboxylic acids is 2. The summed E-state index contributed by atoms with van der Waals surface area (Å²) in [4.78, 5) is 25.6. The first kappa shape index (κ1) is 19.3. The Morgan fingerprint density at radius 2 is 1.79 bits per heavy atom. The number of benzene rings is 2. The number of alkyl halides is 3. The number of ether oxygens (including phenoxy) is 1. The highest BCUT2D eigenvalue weighted by molar-refractivity contribution is 5.95. The molecule has 2 aliphatic heterocycles. The molecule has 0 aliphatic carbocycles. The smallest absolute Gasteiger partial charge is 0.419 e. The molecular weight excluding hydrogens is 385 g/mol. The van der Waals surface area contributed by atoms with Gasteiger partial charge in [-0.15, -0.1) is 0 Å². The van der Waals surface area contributed by atoms with Crippen molar-refractivity contribution < 1.29 is 27.5 Å². The molecule has 2 heterocycles. The summed E-state index contributed by atoms with van der Waals surface area (Å²) in [5, 5.41) is 2.93. The van der Waals surface area contributed by atoms with Gasteiger partial charge in [-0.1, -0.05) is 24.3 Å². The van der Waals surface area contributed by atoms with Crippen LogP contribution in [-0.2, 0) is 17.6 Å². The van der Waals surface area contributed by atoms with Gasteiger partial charge in [0.1, 0.15) is 12.4 Å². The molecule has 0 atom stereocenters. The highest BCUT2D eigenvalue weighted by Gasteiger charge is 2.49. The minimum Gasteiger partial charge on any atom is -0.488 e. The summed E-state index contributed by atoms with van der Waals surface area (Å²) in [6.07, 6.45) is -3.25. The monoisotopic (exact) mass is 404 g/mol. The Morgan fingerprint density at radius 1 is 1.10 bits per heavy atom. The van der Waals surface area contributed by atoms with Crippen LogP contribution in [0.3, 0.4) is 0 Å². The third-order valence-electron chi connectivity index (χ3n) is 5.30. The third kappa shape index (κ3) is 3.92. The predicted octanol–water partition coefficient (Wildman–Crippen LogP) is 3.39. The second kappa shape index (κ2) is 7.09. The molecule has 4 rings (SSSR count). The number of amides is 2. The van der Waals surface area contributed by atoms with Gasteiger partial charge in [-0.05, 0) is 36.2 Å². The van der Waals surface area contributed by atoms with Gasteiger partial charge in [0.25, 0.3) is 5.91 Å². The van der Waals surface area contributed by atoms with Gasteiger partial charge in [0.05, 0.1) is 11.1 Å². The van der Waals surface area contributed by atoms with E-state index in [4.69, 9.17) is 4.74 Å². The van der Waals surface area contributed by atoms with Crippen LogP contribution in [-0.4, -0.2) is 35.3 Å². The highest BCUT2D eigenvalue weighted by Crippen LogP contribution is 2.36. The zero-order chi connectivity index (χ0) is 20.6. The van der Waals surface area contributed by atoms with Crippen molar-refractivity contribution in [2.45, 2.75) is 31.2 Å². The van der Waals surface area contributed by atoms with Gasteiger partial charge < -0.3 is 15.0 Å². The number of halogens is 3. The maximum Gasteiger partial charge on any atom is 0.419 e. The minimum atomic E-state index is -4.49. The summed E-state index contributed by atoms with van der Waals surface area (Å²) < 4.78 is 44.4. The van der Waals surface area contributed by atoms with Crippen molar-refractivity contribution in [1.82, 2.24) is 10.2 Å². The number of carbonyl (C=O) groups is 2. The van der Waals surface area contributed by atoms with Gasteiger partial charge in [0.15, 0.2) is 0 Å². The zero-order valence-electron chi connectivity index (χ0n) is 15.5. The summed E-state index contributed by atoms with van der Waals surface area (Å²) in [6, 6.07) is 11.6. The van der Waals surface area contributed by atoms with Crippen molar-refractivity contribution in [1.29, 1.82) is 0 Å². The molecule has 2 aromatic carbocycles. The van der Waals surface area contributed by atoms with E-state index in [2.05, 4.69) is 5.32 Å². The molecule has 5 nitrogen and oxygen atoms in total. The van der Waals surface area contributed by atoms with E-state index in [1.54, 1.807) is 29.2 Å². The Hall–Kier alpha value is -3.03. The molecule has 1 spiro atoms. The van der Waals surface area contributed by atoms with E-state index in [9.17, 15) is 22.8 Å². The average Bonchev–Trinajstić information content (AvgIpc) is 3.07. The predicted molar refractivity (Wildman–Crippen MR) is 98.2 cm³/mol. The van der Waals surface area contributed by atoms with Gasteiger partial charge in [-0.2, -0.15) is 13.2 Å². The maximum atomic E-state index is 13.0. The van der Waals surface area contributed by atoms with E-state index in [1.165, 1.54) is 18.2 Å². The van der Waals surface area contributed by atoms with Crippen LogP contribution in [0.4, 0.5) is 13.2 Å². The number of rotatable bonds is 4.